The number of halogens is 1. The van der Waals surface area contributed by atoms with E-state index < -0.39 is 29.9 Å². The van der Waals surface area contributed by atoms with Crippen LogP contribution in [0.5, 0.6) is 0 Å². The molecule has 0 aliphatic carbocycles. The molecule has 1 atom stereocenters. The standard InChI is InChI=1S/C23H22FN5O5/c1-2-33-22(31)19-11-27-21(28-19)18-7-3-13(10-26-18)16-6-4-14(9-17(16)24)29-12-15(34-23(29)32)5-8-20(25)30/h3-4,6-7,9-11,15H,2,5,8,12H2,1H3,(H2,25,30)(H,27,28). The van der Waals surface area contributed by atoms with Crippen LogP contribution in [0.4, 0.5) is 14.9 Å². The predicted octanol–water partition coefficient (Wildman–Crippen LogP) is 3.05. The van der Waals surface area contributed by atoms with Gasteiger partial charge in [0.1, 0.15) is 17.6 Å². The summed E-state index contributed by atoms with van der Waals surface area (Å²) in [5.74, 6) is -1.17. The Kier molecular flexibility index (Phi) is 6.53. The summed E-state index contributed by atoms with van der Waals surface area (Å²) >= 11 is 0. The van der Waals surface area contributed by atoms with Crippen molar-refractivity contribution in [3.63, 3.8) is 0 Å². The van der Waals surface area contributed by atoms with E-state index in [2.05, 4.69) is 15.0 Å². The van der Waals surface area contributed by atoms with Crippen LogP contribution in [0, 0.1) is 5.82 Å². The monoisotopic (exact) mass is 467 g/mol. The largest absolute Gasteiger partial charge is 0.461 e. The lowest BCUT2D eigenvalue weighted by molar-refractivity contribution is -0.118. The average Bonchev–Trinajstić information content (AvgIpc) is 3.45. The number of benzene rings is 1. The number of esters is 1. The summed E-state index contributed by atoms with van der Waals surface area (Å²) in [4.78, 5) is 47.5. The van der Waals surface area contributed by atoms with Gasteiger partial charge in [-0.25, -0.2) is 19.0 Å². The highest BCUT2D eigenvalue weighted by Gasteiger charge is 2.32. The predicted molar refractivity (Wildman–Crippen MR) is 119 cm³/mol. The quantitative estimate of drug-likeness (QED) is 0.485. The van der Waals surface area contributed by atoms with Crippen LogP contribution in [-0.4, -0.2) is 52.2 Å². The summed E-state index contributed by atoms with van der Waals surface area (Å²) in [7, 11) is 0. The van der Waals surface area contributed by atoms with E-state index in [-0.39, 0.29) is 25.3 Å². The Labute approximate surface area is 193 Å². The first-order valence-electron chi connectivity index (χ1n) is 10.6. The Balaban J connectivity index is 1.48. The first-order chi connectivity index (χ1) is 16.4. The zero-order valence-corrected chi connectivity index (χ0v) is 18.3. The molecule has 10 nitrogen and oxygen atoms in total. The number of H-pyrrole nitrogens is 1. The summed E-state index contributed by atoms with van der Waals surface area (Å²) in [6.45, 7) is 2.16. The fraction of sp³-hybridized carbons (Fsp3) is 0.261. The van der Waals surface area contributed by atoms with Gasteiger partial charge in [-0.1, -0.05) is 6.07 Å². The number of nitrogens with two attached hydrogens (primary N) is 1. The molecule has 2 amide bonds. The number of aromatic nitrogens is 3. The number of amides is 2. The van der Waals surface area contributed by atoms with Crippen molar-refractivity contribution < 1.29 is 28.2 Å². The SMILES string of the molecule is CCOC(=O)c1c[nH]c(-c2ccc(-c3ccc(N4CC(CCC(N)=O)OC4=O)cc3F)cn2)n1. The maximum Gasteiger partial charge on any atom is 0.414 e. The first kappa shape index (κ1) is 22.9. The van der Waals surface area contributed by atoms with E-state index >= 15 is 0 Å². The third kappa shape index (κ3) is 4.87. The minimum Gasteiger partial charge on any atom is -0.461 e. The lowest BCUT2D eigenvalue weighted by atomic mass is 10.1. The second-order valence-electron chi connectivity index (χ2n) is 7.57. The van der Waals surface area contributed by atoms with E-state index in [4.69, 9.17) is 15.2 Å². The molecule has 1 aliphatic rings. The highest BCUT2D eigenvalue weighted by molar-refractivity contribution is 5.90. The molecule has 1 aromatic carbocycles. The molecule has 1 fully saturated rings. The van der Waals surface area contributed by atoms with Crippen molar-refractivity contribution in [2.24, 2.45) is 5.73 Å². The van der Waals surface area contributed by atoms with E-state index in [1.807, 2.05) is 0 Å². The van der Waals surface area contributed by atoms with Crippen LogP contribution in [0.3, 0.4) is 0 Å². The average molecular weight is 467 g/mol. The van der Waals surface area contributed by atoms with Gasteiger partial charge in [-0.05, 0) is 37.6 Å². The molecule has 11 heteroatoms. The topological polar surface area (TPSA) is 141 Å². The number of imidazole rings is 1. The number of hydrogen-bond donors (Lipinski definition) is 2. The molecule has 1 unspecified atom stereocenters. The van der Waals surface area contributed by atoms with Gasteiger partial charge in [0.15, 0.2) is 11.5 Å². The van der Waals surface area contributed by atoms with Crippen LogP contribution in [-0.2, 0) is 14.3 Å². The lowest BCUT2D eigenvalue weighted by Gasteiger charge is -2.14. The molecule has 0 saturated carbocycles. The molecule has 4 rings (SSSR count). The third-order valence-corrected chi connectivity index (χ3v) is 5.23. The van der Waals surface area contributed by atoms with Crippen molar-refractivity contribution in [1.82, 2.24) is 15.0 Å². The fourth-order valence-corrected chi connectivity index (χ4v) is 3.55. The molecule has 0 radical (unpaired) electrons. The Morgan fingerprint density at radius 3 is 2.82 bits per heavy atom. The molecule has 3 N–H and O–H groups in total. The number of primary amides is 1. The van der Waals surface area contributed by atoms with Crippen LogP contribution < -0.4 is 10.6 Å². The highest BCUT2D eigenvalue weighted by Crippen LogP contribution is 2.30. The maximum atomic E-state index is 14.9. The van der Waals surface area contributed by atoms with E-state index in [0.717, 1.165) is 0 Å². The lowest BCUT2D eigenvalue weighted by Crippen LogP contribution is -2.25. The zero-order valence-electron chi connectivity index (χ0n) is 18.3. The number of anilines is 1. The van der Waals surface area contributed by atoms with Crippen molar-refractivity contribution in [3.8, 4) is 22.6 Å². The van der Waals surface area contributed by atoms with E-state index in [1.165, 1.54) is 23.4 Å². The Morgan fingerprint density at radius 1 is 1.32 bits per heavy atom. The summed E-state index contributed by atoms with van der Waals surface area (Å²) in [5.41, 5.74) is 6.92. The van der Waals surface area contributed by atoms with Crippen molar-refractivity contribution in [2.45, 2.75) is 25.9 Å². The van der Waals surface area contributed by atoms with Crippen molar-refractivity contribution in [2.75, 3.05) is 18.1 Å². The van der Waals surface area contributed by atoms with Crippen LogP contribution >= 0.6 is 0 Å². The molecule has 3 heterocycles. The third-order valence-electron chi connectivity index (χ3n) is 5.23. The van der Waals surface area contributed by atoms with Gasteiger partial charge in [0, 0.05) is 29.9 Å². The summed E-state index contributed by atoms with van der Waals surface area (Å²) in [6, 6.07) is 7.74. The van der Waals surface area contributed by atoms with Crippen LogP contribution in [0.15, 0.2) is 42.7 Å². The molecule has 3 aromatic rings. The smallest absolute Gasteiger partial charge is 0.414 e. The molecule has 1 aliphatic heterocycles. The van der Waals surface area contributed by atoms with Crippen molar-refractivity contribution in [1.29, 1.82) is 0 Å². The highest BCUT2D eigenvalue weighted by atomic mass is 19.1. The first-order valence-corrected chi connectivity index (χ1v) is 10.6. The van der Waals surface area contributed by atoms with Gasteiger partial charge >= 0.3 is 12.1 Å². The van der Waals surface area contributed by atoms with Gasteiger partial charge < -0.3 is 20.2 Å². The Morgan fingerprint density at radius 2 is 2.15 bits per heavy atom. The van der Waals surface area contributed by atoms with Gasteiger partial charge in [-0.15, -0.1) is 0 Å². The van der Waals surface area contributed by atoms with Crippen molar-refractivity contribution in [3.05, 3.63) is 54.2 Å². The number of nitrogens with one attached hydrogen (secondary N) is 1. The van der Waals surface area contributed by atoms with E-state index in [0.29, 0.717) is 34.8 Å². The molecular weight excluding hydrogens is 445 g/mol. The number of ether oxygens (including phenoxy) is 2. The molecule has 34 heavy (non-hydrogen) atoms. The Hall–Kier alpha value is -4.28. The second kappa shape index (κ2) is 9.69. The van der Waals surface area contributed by atoms with Crippen molar-refractivity contribution >= 4 is 23.7 Å². The minimum atomic E-state index is -0.603. The number of carbonyl (C=O) groups is 3. The summed E-state index contributed by atoms with van der Waals surface area (Å²) in [6.07, 6.45) is 2.25. The number of carbonyl (C=O) groups excluding carboxylic acids is 3. The summed E-state index contributed by atoms with van der Waals surface area (Å²) < 4.78 is 25.1. The second-order valence-corrected chi connectivity index (χ2v) is 7.57. The number of pyridine rings is 1. The minimum absolute atomic E-state index is 0.101. The van der Waals surface area contributed by atoms with Crippen LogP contribution in [0.25, 0.3) is 22.6 Å². The van der Waals surface area contributed by atoms with Crippen LogP contribution in [0.1, 0.15) is 30.3 Å². The molecule has 1 saturated heterocycles. The summed E-state index contributed by atoms with van der Waals surface area (Å²) in [5, 5.41) is 0. The number of cyclic esters (lactones) is 1. The number of rotatable bonds is 8. The normalized spacial score (nSPS) is 15.3. The van der Waals surface area contributed by atoms with Crippen LogP contribution in [0.2, 0.25) is 0 Å². The molecular formula is C23H22FN5O5. The number of aromatic amines is 1. The molecule has 176 valence electrons. The molecule has 0 spiro atoms. The van der Waals surface area contributed by atoms with Gasteiger partial charge in [-0.2, -0.15) is 0 Å². The van der Waals surface area contributed by atoms with Gasteiger partial charge in [0.2, 0.25) is 5.91 Å². The Bertz CT molecular complexity index is 1230. The molecule has 2 aromatic heterocycles. The van der Waals surface area contributed by atoms with E-state index in [1.54, 1.807) is 31.2 Å². The fourth-order valence-electron chi connectivity index (χ4n) is 3.55. The number of nitrogens with zero attached hydrogens (tertiary/aromatic N) is 3. The van der Waals surface area contributed by atoms with Gasteiger partial charge in [-0.3, -0.25) is 14.7 Å². The van der Waals surface area contributed by atoms with Gasteiger partial charge in [0.05, 0.1) is 18.8 Å². The zero-order chi connectivity index (χ0) is 24.2. The van der Waals surface area contributed by atoms with E-state index in [9.17, 15) is 18.8 Å². The number of hydrogen-bond acceptors (Lipinski definition) is 7. The van der Waals surface area contributed by atoms with Gasteiger partial charge in [0.25, 0.3) is 0 Å². The molecule has 0 bridgehead atoms. The maximum absolute atomic E-state index is 14.9.